The van der Waals surface area contributed by atoms with Crippen LogP contribution in [0.2, 0.25) is 0 Å². The van der Waals surface area contributed by atoms with E-state index < -0.39 is 41.6 Å². The third-order valence-electron chi connectivity index (χ3n) is 7.94. The van der Waals surface area contributed by atoms with Gasteiger partial charge in [-0.25, -0.2) is 13.2 Å². The van der Waals surface area contributed by atoms with Crippen molar-refractivity contribution in [3.05, 3.63) is 64.8 Å². The Labute approximate surface area is 204 Å². The number of hydrogen-bond donors (Lipinski definition) is 1. The quantitative estimate of drug-likeness (QED) is 0.243. The fourth-order valence-corrected chi connectivity index (χ4v) is 5.61. The lowest BCUT2D eigenvalue weighted by Gasteiger charge is -2.30. The average molecular weight is 495 g/mol. The molecular weight excluding hydrogens is 460 g/mol. The van der Waals surface area contributed by atoms with E-state index in [2.05, 4.69) is 6.92 Å². The van der Waals surface area contributed by atoms with Crippen molar-refractivity contribution >= 4 is 0 Å². The van der Waals surface area contributed by atoms with Gasteiger partial charge >= 0.3 is 0 Å². The van der Waals surface area contributed by atoms with Crippen LogP contribution in [0.4, 0.5) is 17.6 Å². The summed E-state index contributed by atoms with van der Waals surface area (Å²) in [4.78, 5) is 0. The van der Waals surface area contributed by atoms with Gasteiger partial charge in [0.15, 0.2) is 23.2 Å². The minimum Gasteiger partial charge on any atom is -0.461 e. The molecule has 0 spiro atoms. The van der Waals surface area contributed by atoms with Gasteiger partial charge in [0.1, 0.15) is 6.10 Å². The first-order chi connectivity index (χ1) is 16.8. The molecule has 0 radical (unpaired) electrons. The molecule has 3 aliphatic rings. The smallest absolute Gasteiger partial charge is 0.203 e. The Morgan fingerprint density at radius 3 is 2.34 bits per heavy atom. The van der Waals surface area contributed by atoms with E-state index in [4.69, 9.17) is 9.47 Å². The Balaban J connectivity index is 1.39. The van der Waals surface area contributed by atoms with E-state index >= 15 is 0 Å². The number of aliphatic hydroxyl groups excluding tert-OH is 1. The van der Waals surface area contributed by atoms with Crippen LogP contribution in [0.15, 0.2) is 47.6 Å². The van der Waals surface area contributed by atoms with Crippen LogP contribution < -0.4 is 4.74 Å². The van der Waals surface area contributed by atoms with E-state index in [0.29, 0.717) is 24.3 Å². The van der Waals surface area contributed by atoms with Crippen LogP contribution in [-0.2, 0) is 4.74 Å². The number of benzene rings is 1. The first-order valence-corrected chi connectivity index (χ1v) is 12.6. The van der Waals surface area contributed by atoms with Crippen LogP contribution in [0, 0.1) is 29.4 Å². The summed E-state index contributed by atoms with van der Waals surface area (Å²) in [5, 5.41) is 10.5. The predicted molar refractivity (Wildman–Crippen MR) is 126 cm³/mol. The van der Waals surface area contributed by atoms with Gasteiger partial charge in [-0.2, -0.15) is 4.39 Å². The molecule has 0 aromatic heterocycles. The van der Waals surface area contributed by atoms with Crippen LogP contribution in [-0.4, -0.2) is 24.6 Å². The van der Waals surface area contributed by atoms with Gasteiger partial charge in [0, 0.05) is 18.9 Å². The van der Waals surface area contributed by atoms with E-state index in [-0.39, 0.29) is 29.6 Å². The largest absolute Gasteiger partial charge is 0.461 e. The summed E-state index contributed by atoms with van der Waals surface area (Å²) in [6.07, 6.45) is 8.70. The first-order valence-electron chi connectivity index (χ1n) is 12.6. The predicted octanol–water partition coefficient (Wildman–Crippen LogP) is 7.42. The van der Waals surface area contributed by atoms with E-state index in [9.17, 15) is 22.7 Å². The SMILES string of the molecule is CCC1CCC(c2ccc(OC(O)C3C=CC(C4=CCC(OC)C(F)=C4F)CC3)c(F)c2F)CC1. The zero-order valence-electron chi connectivity index (χ0n) is 20.3. The van der Waals surface area contributed by atoms with Gasteiger partial charge in [-0.05, 0) is 74.0 Å². The molecule has 4 unspecified atom stereocenters. The Morgan fingerprint density at radius 1 is 0.971 bits per heavy atom. The number of ether oxygens (including phenoxy) is 2. The normalized spacial score (nSPS) is 30.3. The molecule has 0 amide bonds. The van der Waals surface area contributed by atoms with E-state index in [0.717, 1.165) is 32.1 Å². The molecule has 1 fully saturated rings. The maximum atomic E-state index is 14.9. The standard InChI is InChI=1S/C28H34F4O3/c1-3-16-4-6-17(7-5-16)21-13-15-23(27(32)25(21)30)35-28(33)19-10-8-18(9-11-19)20-12-14-22(34-2)26(31)24(20)29/h8,10,12-13,15-19,22,28,33H,3-7,9,11,14H2,1-2H3. The molecular formula is C28H34F4O3. The van der Waals surface area contributed by atoms with Gasteiger partial charge in [0.05, 0.1) is 0 Å². The fraction of sp³-hybridized carbons (Fsp3) is 0.571. The molecule has 1 saturated carbocycles. The minimum absolute atomic E-state index is 0.00275. The number of hydrogen-bond acceptors (Lipinski definition) is 3. The number of allylic oxidation sites excluding steroid dienone is 3. The highest BCUT2D eigenvalue weighted by molar-refractivity contribution is 5.38. The molecule has 3 aliphatic carbocycles. The monoisotopic (exact) mass is 494 g/mol. The van der Waals surface area contributed by atoms with Crippen molar-refractivity contribution in [2.45, 2.75) is 76.6 Å². The Hall–Kier alpha value is -2.12. The summed E-state index contributed by atoms with van der Waals surface area (Å²) in [6.45, 7) is 2.16. The molecule has 4 atom stereocenters. The summed E-state index contributed by atoms with van der Waals surface area (Å²) in [6, 6.07) is 2.96. The van der Waals surface area contributed by atoms with E-state index in [1.165, 1.54) is 13.2 Å². The topological polar surface area (TPSA) is 38.7 Å². The lowest BCUT2D eigenvalue weighted by molar-refractivity contribution is -0.0549. The second-order valence-electron chi connectivity index (χ2n) is 9.93. The molecule has 1 N–H and O–H groups in total. The van der Waals surface area contributed by atoms with Gasteiger partial charge in [-0.3, -0.25) is 0 Å². The highest BCUT2D eigenvalue weighted by atomic mass is 19.2. The maximum absolute atomic E-state index is 14.9. The second kappa shape index (κ2) is 11.3. The zero-order chi connectivity index (χ0) is 25.1. The van der Waals surface area contributed by atoms with Crippen molar-refractivity contribution < 1.29 is 32.1 Å². The average Bonchev–Trinajstić information content (AvgIpc) is 2.88. The summed E-state index contributed by atoms with van der Waals surface area (Å²) in [5.41, 5.74) is 0.649. The lowest BCUT2D eigenvalue weighted by Crippen LogP contribution is -2.29. The van der Waals surface area contributed by atoms with Crippen LogP contribution in [0.5, 0.6) is 5.75 Å². The molecule has 35 heavy (non-hydrogen) atoms. The van der Waals surface area contributed by atoms with Crippen LogP contribution in [0.25, 0.3) is 0 Å². The number of aliphatic hydroxyl groups is 1. The summed E-state index contributed by atoms with van der Waals surface area (Å²) in [5.74, 6) is -4.27. The van der Waals surface area contributed by atoms with Crippen molar-refractivity contribution in [2.75, 3.05) is 7.11 Å². The van der Waals surface area contributed by atoms with Crippen molar-refractivity contribution in [1.29, 1.82) is 0 Å². The second-order valence-corrected chi connectivity index (χ2v) is 9.93. The molecule has 0 bridgehead atoms. The van der Waals surface area contributed by atoms with Crippen LogP contribution in [0.1, 0.15) is 69.8 Å². The molecule has 4 rings (SSSR count). The molecule has 192 valence electrons. The number of methoxy groups -OCH3 is 1. The Bertz CT molecular complexity index is 994. The summed E-state index contributed by atoms with van der Waals surface area (Å²) < 4.78 is 68.6. The summed E-state index contributed by atoms with van der Waals surface area (Å²) in [7, 11) is 1.34. The Kier molecular flexibility index (Phi) is 8.38. The van der Waals surface area contributed by atoms with Gasteiger partial charge in [-0.1, -0.05) is 37.6 Å². The zero-order valence-corrected chi connectivity index (χ0v) is 20.3. The third kappa shape index (κ3) is 5.51. The summed E-state index contributed by atoms with van der Waals surface area (Å²) >= 11 is 0. The van der Waals surface area contributed by atoms with Crippen LogP contribution in [0.3, 0.4) is 0 Å². The molecule has 0 heterocycles. The molecule has 1 aromatic carbocycles. The number of rotatable bonds is 7. The molecule has 3 nitrogen and oxygen atoms in total. The van der Waals surface area contributed by atoms with Crippen molar-refractivity contribution in [3.63, 3.8) is 0 Å². The van der Waals surface area contributed by atoms with Crippen molar-refractivity contribution in [3.8, 4) is 5.75 Å². The maximum Gasteiger partial charge on any atom is 0.203 e. The van der Waals surface area contributed by atoms with E-state index in [1.807, 2.05) is 0 Å². The third-order valence-corrected chi connectivity index (χ3v) is 7.94. The molecule has 0 aliphatic heterocycles. The van der Waals surface area contributed by atoms with E-state index in [1.54, 1.807) is 24.3 Å². The molecule has 7 heteroatoms. The highest BCUT2D eigenvalue weighted by Gasteiger charge is 2.32. The van der Waals surface area contributed by atoms with Crippen molar-refractivity contribution in [2.24, 2.45) is 17.8 Å². The van der Waals surface area contributed by atoms with Crippen molar-refractivity contribution in [1.82, 2.24) is 0 Å². The minimum atomic E-state index is -1.39. The van der Waals surface area contributed by atoms with Gasteiger partial charge in [0.25, 0.3) is 0 Å². The van der Waals surface area contributed by atoms with Gasteiger partial charge < -0.3 is 14.6 Å². The van der Waals surface area contributed by atoms with Gasteiger partial charge in [-0.15, -0.1) is 0 Å². The number of halogens is 4. The highest BCUT2D eigenvalue weighted by Crippen LogP contribution is 2.41. The first kappa shape index (κ1) is 26.0. The van der Waals surface area contributed by atoms with Gasteiger partial charge in [0.2, 0.25) is 12.1 Å². The molecule has 1 aromatic rings. The molecule has 0 saturated heterocycles. The fourth-order valence-electron chi connectivity index (χ4n) is 5.61. The lowest BCUT2D eigenvalue weighted by atomic mass is 9.77. The Morgan fingerprint density at radius 2 is 1.71 bits per heavy atom. The van der Waals surface area contributed by atoms with Crippen LogP contribution >= 0.6 is 0 Å².